The lowest BCUT2D eigenvalue weighted by Gasteiger charge is -1.98. The van der Waals surface area contributed by atoms with Gasteiger partial charge in [-0.1, -0.05) is 48.0 Å². The number of thiophene rings is 1. The van der Waals surface area contributed by atoms with Gasteiger partial charge >= 0.3 is 0 Å². The van der Waals surface area contributed by atoms with Gasteiger partial charge in [0, 0.05) is 10.1 Å². The Morgan fingerprint density at radius 1 is 1.06 bits per heavy atom. The van der Waals surface area contributed by atoms with Crippen LogP contribution in [0.5, 0.6) is 0 Å². The van der Waals surface area contributed by atoms with Crippen molar-refractivity contribution < 1.29 is 0 Å². The maximum Gasteiger partial charge on any atom is 0.124 e. The first-order valence-corrected chi connectivity index (χ1v) is 6.00. The Bertz CT molecular complexity index is 737. The van der Waals surface area contributed by atoms with E-state index in [1.165, 1.54) is 16.7 Å². The second-order valence-corrected chi connectivity index (χ2v) is 4.92. The number of nitrogens with zero attached hydrogens (tertiary/aromatic N) is 1. The standard InChI is InChI=1S/C13H6ClNS/c14-12-10-6-5-8-3-1-2-4-9(8)13(10)16-11(12)7-15/h1-6H. The molecule has 0 bridgehead atoms. The zero-order valence-electron chi connectivity index (χ0n) is 8.20. The molecule has 0 saturated carbocycles. The molecule has 76 valence electrons. The molecule has 0 fully saturated rings. The number of halogens is 1. The molecule has 0 unspecified atom stereocenters. The molecule has 0 amide bonds. The molecule has 3 aromatic rings. The molecular weight excluding hydrogens is 238 g/mol. The lowest BCUT2D eigenvalue weighted by molar-refractivity contribution is 1.52. The molecule has 0 aliphatic heterocycles. The van der Waals surface area contributed by atoms with Gasteiger partial charge in [-0.2, -0.15) is 5.26 Å². The van der Waals surface area contributed by atoms with Crippen LogP contribution in [-0.2, 0) is 0 Å². The highest BCUT2D eigenvalue weighted by atomic mass is 35.5. The first-order valence-electron chi connectivity index (χ1n) is 4.81. The van der Waals surface area contributed by atoms with Gasteiger partial charge in [-0.3, -0.25) is 0 Å². The van der Waals surface area contributed by atoms with Gasteiger partial charge in [0.15, 0.2) is 0 Å². The van der Waals surface area contributed by atoms with Crippen LogP contribution in [0, 0.1) is 11.3 Å². The molecule has 16 heavy (non-hydrogen) atoms. The predicted molar refractivity (Wildman–Crippen MR) is 69.1 cm³/mol. The van der Waals surface area contributed by atoms with E-state index < -0.39 is 0 Å². The van der Waals surface area contributed by atoms with E-state index in [2.05, 4.69) is 18.2 Å². The van der Waals surface area contributed by atoms with Crippen molar-refractivity contribution in [2.75, 3.05) is 0 Å². The van der Waals surface area contributed by atoms with Crippen molar-refractivity contribution in [3.05, 3.63) is 46.3 Å². The van der Waals surface area contributed by atoms with E-state index in [4.69, 9.17) is 16.9 Å². The van der Waals surface area contributed by atoms with Crippen LogP contribution in [0.3, 0.4) is 0 Å². The Kier molecular flexibility index (Phi) is 2.10. The molecule has 1 heterocycles. The van der Waals surface area contributed by atoms with E-state index in [9.17, 15) is 0 Å². The largest absolute Gasteiger partial charge is 0.191 e. The van der Waals surface area contributed by atoms with Gasteiger partial charge in [-0.15, -0.1) is 11.3 Å². The monoisotopic (exact) mass is 243 g/mol. The molecule has 0 N–H and O–H groups in total. The Morgan fingerprint density at radius 2 is 1.88 bits per heavy atom. The first-order chi connectivity index (χ1) is 7.81. The zero-order valence-corrected chi connectivity index (χ0v) is 9.77. The topological polar surface area (TPSA) is 23.8 Å². The minimum absolute atomic E-state index is 0.577. The summed E-state index contributed by atoms with van der Waals surface area (Å²) < 4.78 is 1.10. The molecule has 2 aromatic carbocycles. The van der Waals surface area contributed by atoms with Gasteiger partial charge in [0.1, 0.15) is 10.9 Å². The average molecular weight is 244 g/mol. The van der Waals surface area contributed by atoms with Crippen LogP contribution in [0.2, 0.25) is 5.02 Å². The predicted octanol–water partition coefficient (Wildman–Crippen LogP) is 4.58. The summed E-state index contributed by atoms with van der Waals surface area (Å²) in [6.07, 6.45) is 0. The smallest absolute Gasteiger partial charge is 0.124 e. The lowest BCUT2D eigenvalue weighted by Crippen LogP contribution is -1.71. The van der Waals surface area contributed by atoms with Crippen molar-refractivity contribution in [2.45, 2.75) is 0 Å². The van der Waals surface area contributed by atoms with Gasteiger partial charge in [0.2, 0.25) is 0 Å². The molecule has 0 radical (unpaired) electrons. The zero-order chi connectivity index (χ0) is 11.1. The third kappa shape index (κ3) is 1.23. The van der Waals surface area contributed by atoms with Gasteiger partial charge in [-0.25, -0.2) is 0 Å². The fourth-order valence-electron chi connectivity index (χ4n) is 1.87. The number of nitriles is 1. The maximum atomic E-state index is 8.97. The van der Waals surface area contributed by atoms with Crippen LogP contribution in [0.25, 0.3) is 20.9 Å². The van der Waals surface area contributed by atoms with Crippen molar-refractivity contribution in [3.8, 4) is 6.07 Å². The Hall–Kier alpha value is -1.56. The summed E-state index contributed by atoms with van der Waals surface area (Å²) in [5.74, 6) is 0. The molecule has 3 heteroatoms. The summed E-state index contributed by atoms with van der Waals surface area (Å²) in [6.45, 7) is 0. The van der Waals surface area contributed by atoms with Crippen LogP contribution < -0.4 is 0 Å². The molecule has 0 aliphatic carbocycles. The summed E-state index contributed by atoms with van der Waals surface area (Å²) in [5.41, 5.74) is 0. The van der Waals surface area contributed by atoms with Crippen molar-refractivity contribution in [1.29, 1.82) is 5.26 Å². The van der Waals surface area contributed by atoms with Crippen LogP contribution in [0.1, 0.15) is 4.88 Å². The van der Waals surface area contributed by atoms with Gasteiger partial charge in [0.05, 0.1) is 5.02 Å². The average Bonchev–Trinajstić information content (AvgIpc) is 2.67. The highest BCUT2D eigenvalue weighted by Crippen LogP contribution is 2.38. The van der Waals surface area contributed by atoms with E-state index in [-0.39, 0.29) is 0 Å². The third-order valence-corrected chi connectivity index (χ3v) is 4.27. The summed E-state index contributed by atoms with van der Waals surface area (Å²) in [4.78, 5) is 0.591. The van der Waals surface area contributed by atoms with Crippen LogP contribution >= 0.6 is 22.9 Å². The normalized spacial score (nSPS) is 10.8. The van der Waals surface area contributed by atoms with Crippen molar-refractivity contribution >= 4 is 43.8 Å². The summed E-state index contributed by atoms with van der Waals surface area (Å²) in [6, 6.07) is 14.3. The minimum Gasteiger partial charge on any atom is -0.191 e. The van der Waals surface area contributed by atoms with Crippen LogP contribution in [0.4, 0.5) is 0 Å². The molecule has 3 rings (SSSR count). The Balaban J connectivity index is 2.57. The van der Waals surface area contributed by atoms with E-state index in [0.717, 1.165) is 15.5 Å². The SMILES string of the molecule is N#Cc1sc2c(ccc3ccccc32)c1Cl. The highest BCUT2D eigenvalue weighted by molar-refractivity contribution is 7.21. The fraction of sp³-hybridized carbons (Fsp3) is 0. The fourth-order valence-corrected chi connectivity index (χ4v) is 3.26. The summed E-state index contributed by atoms with van der Waals surface area (Å²) in [5, 5.41) is 12.9. The second-order valence-electron chi connectivity index (χ2n) is 3.52. The molecule has 0 spiro atoms. The molecule has 1 nitrogen and oxygen atoms in total. The number of rotatable bonds is 0. The van der Waals surface area contributed by atoms with Crippen molar-refractivity contribution in [1.82, 2.24) is 0 Å². The highest BCUT2D eigenvalue weighted by Gasteiger charge is 2.11. The number of hydrogen-bond acceptors (Lipinski definition) is 2. The summed E-state index contributed by atoms with van der Waals surface area (Å²) >= 11 is 7.61. The van der Waals surface area contributed by atoms with E-state index in [0.29, 0.717) is 9.90 Å². The Morgan fingerprint density at radius 3 is 2.69 bits per heavy atom. The van der Waals surface area contributed by atoms with Gasteiger partial charge < -0.3 is 0 Å². The van der Waals surface area contributed by atoms with Crippen LogP contribution in [-0.4, -0.2) is 0 Å². The number of benzene rings is 2. The van der Waals surface area contributed by atoms with E-state index >= 15 is 0 Å². The quantitative estimate of drug-likeness (QED) is 0.567. The third-order valence-electron chi connectivity index (χ3n) is 2.62. The van der Waals surface area contributed by atoms with E-state index in [1.54, 1.807) is 0 Å². The molecule has 0 saturated heterocycles. The Labute approximate surface area is 101 Å². The van der Waals surface area contributed by atoms with Crippen molar-refractivity contribution in [3.63, 3.8) is 0 Å². The second kappa shape index (κ2) is 3.48. The minimum atomic E-state index is 0.577. The molecular formula is C13H6ClNS. The van der Waals surface area contributed by atoms with Crippen molar-refractivity contribution in [2.24, 2.45) is 0 Å². The number of hydrogen-bond donors (Lipinski definition) is 0. The lowest BCUT2D eigenvalue weighted by atomic mass is 10.1. The van der Waals surface area contributed by atoms with Gasteiger partial charge in [0.25, 0.3) is 0 Å². The molecule has 0 aliphatic rings. The maximum absolute atomic E-state index is 8.97. The van der Waals surface area contributed by atoms with E-state index in [1.807, 2.05) is 24.3 Å². The molecule has 1 aromatic heterocycles. The number of fused-ring (bicyclic) bond motifs is 3. The molecule has 0 atom stereocenters. The first kappa shape index (κ1) is 9.65. The van der Waals surface area contributed by atoms with Crippen LogP contribution in [0.15, 0.2) is 36.4 Å². The summed E-state index contributed by atoms with van der Waals surface area (Å²) in [7, 11) is 0. The van der Waals surface area contributed by atoms with Gasteiger partial charge in [-0.05, 0) is 10.8 Å².